The number of fused-ring (bicyclic) bond motifs is 1. The Kier molecular flexibility index (Phi) is 10.8. The van der Waals surface area contributed by atoms with Crippen molar-refractivity contribution in [3.8, 4) is 0 Å². The average Bonchev–Trinajstić information content (AvgIpc) is 2.82. The number of allylic oxidation sites excluding steroid dienone is 9. The fraction of sp³-hybridized carbons (Fsp3) is 0.419. The summed E-state index contributed by atoms with van der Waals surface area (Å²) in [6.07, 6.45) is 15.5. The first-order valence-corrected chi connectivity index (χ1v) is 12.4. The van der Waals surface area contributed by atoms with E-state index in [-0.39, 0.29) is 11.6 Å². The molecule has 0 radical (unpaired) electrons. The molecule has 0 fully saturated rings. The van der Waals surface area contributed by atoms with Crippen molar-refractivity contribution in [2.45, 2.75) is 85.7 Å². The summed E-state index contributed by atoms with van der Waals surface area (Å²) in [7, 11) is 0. The minimum Gasteiger partial charge on any atom is -0.289 e. The normalized spacial score (nSPS) is 16.5. The van der Waals surface area contributed by atoms with Gasteiger partial charge in [-0.15, -0.1) is 0 Å². The molecule has 0 spiro atoms. The van der Waals surface area contributed by atoms with E-state index in [0.29, 0.717) is 28.7 Å². The third-order valence-corrected chi connectivity index (χ3v) is 6.47. The summed E-state index contributed by atoms with van der Waals surface area (Å²) in [5.41, 5.74) is 4.71. The second-order valence-corrected chi connectivity index (χ2v) is 9.98. The number of hydrogen-bond acceptors (Lipinski definition) is 4. The lowest BCUT2D eigenvalue weighted by atomic mass is 9.84. The molecular formula is C31H40O4. The number of benzene rings is 1. The molecule has 35 heavy (non-hydrogen) atoms. The lowest BCUT2D eigenvalue weighted by Crippen LogP contribution is -2.25. The van der Waals surface area contributed by atoms with Crippen LogP contribution in [0.3, 0.4) is 0 Å². The summed E-state index contributed by atoms with van der Waals surface area (Å²) in [6, 6.07) is 6.86. The van der Waals surface area contributed by atoms with Crippen LogP contribution in [0.25, 0.3) is 0 Å². The monoisotopic (exact) mass is 476 g/mol. The Labute approximate surface area is 210 Å². The molecule has 2 rings (SSSR count). The molecule has 188 valence electrons. The van der Waals surface area contributed by atoms with Crippen LogP contribution < -0.4 is 0 Å². The van der Waals surface area contributed by atoms with Crippen molar-refractivity contribution in [3.63, 3.8) is 0 Å². The third-order valence-electron chi connectivity index (χ3n) is 6.47. The topological polar surface area (TPSA) is 63.6 Å². The van der Waals surface area contributed by atoms with Crippen LogP contribution in [0.5, 0.6) is 0 Å². The maximum absolute atomic E-state index is 12.9. The summed E-state index contributed by atoms with van der Waals surface area (Å²) in [5.74, 6) is -0.333. The number of carbonyl (C=O) groups excluding carboxylic acids is 2. The van der Waals surface area contributed by atoms with E-state index in [1.807, 2.05) is 0 Å². The Morgan fingerprint density at radius 3 is 2.00 bits per heavy atom. The third kappa shape index (κ3) is 8.41. The summed E-state index contributed by atoms with van der Waals surface area (Å²) in [4.78, 5) is 30.4. The molecule has 0 saturated carbocycles. The first-order chi connectivity index (χ1) is 16.6. The molecule has 1 aliphatic carbocycles. The maximum atomic E-state index is 12.9. The molecule has 0 aliphatic heterocycles. The maximum Gasteiger partial charge on any atom is 0.194 e. The first kappa shape index (κ1) is 28.4. The highest BCUT2D eigenvalue weighted by Gasteiger charge is 2.29. The first-order valence-electron chi connectivity index (χ1n) is 12.4. The quantitative estimate of drug-likeness (QED) is 0.187. The lowest BCUT2D eigenvalue weighted by Gasteiger charge is -2.22. The van der Waals surface area contributed by atoms with Crippen LogP contribution in [0, 0.1) is 0 Å². The zero-order chi connectivity index (χ0) is 26.0. The number of carbonyl (C=O) groups is 2. The average molecular weight is 477 g/mol. The molecule has 4 heteroatoms. The van der Waals surface area contributed by atoms with Crippen LogP contribution in [0.4, 0.5) is 0 Å². The second-order valence-electron chi connectivity index (χ2n) is 9.98. The van der Waals surface area contributed by atoms with E-state index in [0.717, 1.165) is 32.1 Å². The fourth-order valence-electron chi connectivity index (χ4n) is 4.08. The molecule has 1 N–H and O–H groups in total. The fourth-order valence-corrected chi connectivity index (χ4v) is 4.08. The molecule has 0 heterocycles. The molecule has 0 amide bonds. The van der Waals surface area contributed by atoms with Crippen molar-refractivity contribution in [1.29, 1.82) is 0 Å². The van der Waals surface area contributed by atoms with Crippen molar-refractivity contribution >= 4 is 11.6 Å². The van der Waals surface area contributed by atoms with Gasteiger partial charge in [0.05, 0.1) is 0 Å². The van der Waals surface area contributed by atoms with Crippen molar-refractivity contribution in [2.75, 3.05) is 0 Å². The van der Waals surface area contributed by atoms with E-state index < -0.39 is 5.60 Å². The molecule has 1 aliphatic rings. The van der Waals surface area contributed by atoms with Gasteiger partial charge in [0.25, 0.3) is 0 Å². The van der Waals surface area contributed by atoms with E-state index in [1.54, 1.807) is 50.3 Å². The van der Waals surface area contributed by atoms with Gasteiger partial charge in [-0.1, -0.05) is 65.3 Å². The largest absolute Gasteiger partial charge is 0.289 e. The van der Waals surface area contributed by atoms with Gasteiger partial charge in [-0.25, -0.2) is 4.89 Å². The molecule has 1 unspecified atom stereocenters. The van der Waals surface area contributed by atoms with E-state index >= 15 is 0 Å². The smallest absolute Gasteiger partial charge is 0.194 e. The molecular weight excluding hydrogens is 436 g/mol. The van der Waals surface area contributed by atoms with Gasteiger partial charge in [0.1, 0.15) is 5.60 Å². The standard InChI is InChI=1S/C31H40O4/c1-22(2)12-9-13-23(3)14-10-15-24(4)16-11-20-31(6,35-34)21-19-26-25(5)29(32)27-17-7-8-18-28(27)30(26)33/h7-8,12,14,16-19,21,34H,9-11,13,15,20H2,1-6H3/b21-19+,23-14+,24-16+. The minimum atomic E-state index is -0.966. The molecule has 1 aromatic rings. The van der Waals surface area contributed by atoms with Crippen LogP contribution >= 0.6 is 0 Å². The van der Waals surface area contributed by atoms with Crippen molar-refractivity contribution in [3.05, 3.63) is 93.6 Å². The van der Waals surface area contributed by atoms with Crippen molar-refractivity contribution < 1.29 is 19.7 Å². The zero-order valence-corrected chi connectivity index (χ0v) is 22.1. The second kappa shape index (κ2) is 13.3. The van der Waals surface area contributed by atoms with Crippen LogP contribution in [0.15, 0.2) is 82.5 Å². The number of Topliss-reactive ketones (excluding diaryl/α,β-unsaturated/α-hetero) is 2. The van der Waals surface area contributed by atoms with Gasteiger partial charge in [0.2, 0.25) is 0 Å². The predicted molar refractivity (Wildman–Crippen MR) is 144 cm³/mol. The Hall–Kier alpha value is -2.82. The van der Waals surface area contributed by atoms with Crippen molar-refractivity contribution in [2.24, 2.45) is 0 Å². The Morgan fingerprint density at radius 2 is 1.43 bits per heavy atom. The van der Waals surface area contributed by atoms with Gasteiger partial charge in [0, 0.05) is 22.3 Å². The van der Waals surface area contributed by atoms with E-state index in [2.05, 4.69) is 45.9 Å². The molecule has 0 aromatic heterocycles. The summed E-state index contributed by atoms with van der Waals surface area (Å²) >= 11 is 0. The molecule has 0 saturated heterocycles. The van der Waals surface area contributed by atoms with Gasteiger partial charge in [0.15, 0.2) is 11.6 Å². The van der Waals surface area contributed by atoms with Gasteiger partial charge in [-0.05, 0) is 86.1 Å². The molecule has 0 bridgehead atoms. The number of hydrogen-bond donors (Lipinski definition) is 1. The van der Waals surface area contributed by atoms with Crippen LogP contribution in [0.1, 0.15) is 101 Å². The zero-order valence-electron chi connectivity index (χ0n) is 22.1. The Morgan fingerprint density at radius 1 is 0.886 bits per heavy atom. The highest BCUT2D eigenvalue weighted by molar-refractivity contribution is 6.27. The van der Waals surface area contributed by atoms with Crippen molar-refractivity contribution in [1.82, 2.24) is 0 Å². The predicted octanol–water partition coefficient (Wildman–Crippen LogP) is 8.39. The number of rotatable bonds is 12. The highest BCUT2D eigenvalue weighted by atomic mass is 17.1. The Balaban J connectivity index is 1.96. The molecule has 1 atom stereocenters. The number of ketones is 2. The molecule has 1 aromatic carbocycles. The van der Waals surface area contributed by atoms with Crippen LogP contribution in [0.2, 0.25) is 0 Å². The summed E-state index contributed by atoms with van der Waals surface area (Å²) in [6.45, 7) is 12.0. The van der Waals surface area contributed by atoms with Gasteiger partial charge in [-0.3, -0.25) is 14.8 Å². The van der Waals surface area contributed by atoms with Crippen LogP contribution in [-0.2, 0) is 4.89 Å². The Bertz CT molecular complexity index is 1080. The van der Waals surface area contributed by atoms with Crippen LogP contribution in [-0.4, -0.2) is 22.4 Å². The molecule has 4 nitrogen and oxygen atoms in total. The summed E-state index contributed by atoms with van der Waals surface area (Å²) < 4.78 is 0. The van der Waals surface area contributed by atoms with Gasteiger partial charge in [-0.2, -0.15) is 0 Å². The lowest BCUT2D eigenvalue weighted by molar-refractivity contribution is -0.303. The highest BCUT2D eigenvalue weighted by Crippen LogP contribution is 2.28. The van der Waals surface area contributed by atoms with E-state index in [4.69, 9.17) is 4.89 Å². The van der Waals surface area contributed by atoms with Gasteiger partial charge >= 0.3 is 0 Å². The summed E-state index contributed by atoms with van der Waals surface area (Å²) in [5, 5.41) is 9.58. The van der Waals surface area contributed by atoms with E-state index in [9.17, 15) is 14.8 Å². The minimum absolute atomic E-state index is 0.147. The SMILES string of the molecule is CC(C)=CCC/C(C)=C/CC/C(C)=C/CCC(C)(/C=C/C1=C(C)C(=O)c2ccccc2C1=O)OO. The van der Waals surface area contributed by atoms with Gasteiger partial charge < -0.3 is 0 Å². The van der Waals surface area contributed by atoms with E-state index in [1.165, 1.54) is 16.7 Å².